The number of nitrogens with zero attached hydrogens (tertiary/aromatic N) is 2. The van der Waals surface area contributed by atoms with E-state index in [-0.39, 0.29) is 35.3 Å². The SMILES string of the molecule is CNCC(=O)Cc1ccc(C)c(S(=O)(=O)Nc2nc3ccccc3nc2Nc2cc(OC)ccc2Cl)c1. The molecule has 0 radical (unpaired) electrons. The first-order valence-corrected chi connectivity index (χ1v) is 13.2. The van der Waals surface area contributed by atoms with Gasteiger partial charge in [0.15, 0.2) is 17.4 Å². The summed E-state index contributed by atoms with van der Waals surface area (Å²) in [5.41, 5.74) is 2.65. The summed E-state index contributed by atoms with van der Waals surface area (Å²) in [6.45, 7) is 1.89. The molecule has 0 saturated carbocycles. The maximum Gasteiger partial charge on any atom is 0.263 e. The molecular weight excluding hydrogens is 514 g/mol. The Morgan fingerprint density at radius 3 is 2.38 bits per heavy atom. The number of sulfonamides is 1. The van der Waals surface area contributed by atoms with E-state index in [0.29, 0.717) is 38.6 Å². The predicted octanol–water partition coefficient (Wildman–Crippen LogP) is 4.48. The Morgan fingerprint density at radius 1 is 1.00 bits per heavy atom. The molecule has 1 heterocycles. The second-order valence-corrected chi connectivity index (χ2v) is 10.4. The van der Waals surface area contributed by atoms with Gasteiger partial charge in [0.2, 0.25) is 0 Å². The number of likely N-dealkylation sites (N-methyl/N-ethyl adjacent to an activating group) is 1. The van der Waals surface area contributed by atoms with Crippen molar-refractivity contribution in [3.05, 3.63) is 76.8 Å². The number of rotatable bonds is 10. The lowest BCUT2D eigenvalue weighted by Crippen LogP contribution is -2.21. The van der Waals surface area contributed by atoms with E-state index >= 15 is 0 Å². The Morgan fingerprint density at radius 2 is 1.70 bits per heavy atom. The number of halogens is 1. The van der Waals surface area contributed by atoms with Gasteiger partial charge in [-0.3, -0.25) is 9.52 Å². The van der Waals surface area contributed by atoms with Crippen LogP contribution in [-0.4, -0.2) is 44.9 Å². The average Bonchev–Trinajstić information content (AvgIpc) is 2.86. The molecule has 11 heteroatoms. The molecule has 3 N–H and O–H groups in total. The number of ether oxygens (including phenoxy) is 1. The molecule has 4 aromatic rings. The van der Waals surface area contributed by atoms with E-state index in [0.717, 1.165) is 0 Å². The number of aryl methyl sites for hydroxylation is 1. The zero-order chi connectivity index (χ0) is 26.6. The summed E-state index contributed by atoms with van der Waals surface area (Å²) >= 11 is 6.37. The number of hydrogen-bond acceptors (Lipinski definition) is 8. The van der Waals surface area contributed by atoms with E-state index in [2.05, 4.69) is 25.3 Å². The van der Waals surface area contributed by atoms with Gasteiger partial charge in [-0.2, -0.15) is 0 Å². The molecule has 0 spiro atoms. The first kappa shape index (κ1) is 26.3. The van der Waals surface area contributed by atoms with Crippen LogP contribution in [0.3, 0.4) is 0 Å². The topological polar surface area (TPSA) is 122 Å². The Labute approximate surface area is 220 Å². The molecule has 192 valence electrons. The van der Waals surface area contributed by atoms with Gasteiger partial charge in [-0.15, -0.1) is 0 Å². The van der Waals surface area contributed by atoms with E-state index < -0.39 is 10.0 Å². The number of methoxy groups -OCH3 is 1. The van der Waals surface area contributed by atoms with E-state index in [4.69, 9.17) is 16.3 Å². The number of anilines is 3. The van der Waals surface area contributed by atoms with Gasteiger partial charge < -0.3 is 15.4 Å². The summed E-state index contributed by atoms with van der Waals surface area (Å²) < 4.78 is 34.9. The predicted molar refractivity (Wildman–Crippen MR) is 145 cm³/mol. The third kappa shape index (κ3) is 6.16. The fourth-order valence-electron chi connectivity index (χ4n) is 3.73. The van der Waals surface area contributed by atoms with Crippen LogP contribution in [0.2, 0.25) is 5.02 Å². The summed E-state index contributed by atoms with van der Waals surface area (Å²) in [5.74, 6) is 0.664. The number of carbonyl (C=O) groups is 1. The number of Topliss-reactive ketones (excluding diaryl/α,β-unsaturated/α-hetero) is 1. The molecule has 37 heavy (non-hydrogen) atoms. The Hall–Kier alpha value is -3.73. The minimum Gasteiger partial charge on any atom is -0.497 e. The molecule has 0 aliphatic carbocycles. The molecule has 3 aromatic carbocycles. The lowest BCUT2D eigenvalue weighted by molar-refractivity contribution is -0.117. The second kappa shape index (κ2) is 11.1. The van der Waals surface area contributed by atoms with Gasteiger partial charge >= 0.3 is 0 Å². The van der Waals surface area contributed by atoms with E-state index in [1.165, 1.54) is 13.2 Å². The highest BCUT2D eigenvalue weighted by Crippen LogP contribution is 2.33. The van der Waals surface area contributed by atoms with Crippen molar-refractivity contribution in [2.45, 2.75) is 18.2 Å². The number of hydrogen-bond donors (Lipinski definition) is 3. The van der Waals surface area contributed by atoms with Crippen molar-refractivity contribution >= 4 is 55.8 Å². The molecule has 1 aromatic heterocycles. The first-order valence-electron chi connectivity index (χ1n) is 11.4. The average molecular weight is 540 g/mol. The normalized spacial score (nSPS) is 11.4. The zero-order valence-electron chi connectivity index (χ0n) is 20.5. The quantitative estimate of drug-likeness (QED) is 0.270. The third-order valence-corrected chi connectivity index (χ3v) is 7.36. The molecule has 0 unspecified atom stereocenters. The van der Waals surface area contributed by atoms with Crippen LogP contribution in [0.1, 0.15) is 11.1 Å². The first-order chi connectivity index (χ1) is 17.7. The maximum atomic E-state index is 13.5. The van der Waals surface area contributed by atoms with Crippen molar-refractivity contribution in [1.82, 2.24) is 15.3 Å². The number of fused-ring (bicyclic) bond motifs is 1. The van der Waals surface area contributed by atoms with Crippen molar-refractivity contribution in [1.29, 1.82) is 0 Å². The van der Waals surface area contributed by atoms with Crippen molar-refractivity contribution < 1.29 is 17.9 Å². The zero-order valence-corrected chi connectivity index (χ0v) is 22.1. The van der Waals surface area contributed by atoms with Crippen molar-refractivity contribution in [2.24, 2.45) is 0 Å². The summed E-state index contributed by atoms with van der Waals surface area (Å²) in [7, 11) is -0.883. The molecular formula is C26H26ClN5O4S. The van der Waals surface area contributed by atoms with Gasteiger partial charge in [-0.25, -0.2) is 18.4 Å². The number of benzene rings is 3. The Bertz CT molecular complexity index is 1580. The van der Waals surface area contributed by atoms with Gasteiger partial charge in [-0.05, 0) is 55.4 Å². The Balaban J connectivity index is 1.75. The highest BCUT2D eigenvalue weighted by molar-refractivity contribution is 7.92. The van der Waals surface area contributed by atoms with Gasteiger partial charge in [0.25, 0.3) is 10.0 Å². The summed E-state index contributed by atoms with van der Waals surface area (Å²) in [6, 6.07) is 17.1. The number of carbonyl (C=O) groups excluding carboxylic acids is 1. The van der Waals surface area contributed by atoms with E-state index in [1.54, 1.807) is 62.5 Å². The minimum absolute atomic E-state index is 0.00588. The van der Waals surface area contributed by atoms with Crippen LogP contribution in [0.15, 0.2) is 65.6 Å². The van der Waals surface area contributed by atoms with Gasteiger partial charge in [-0.1, -0.05) is 35.9 Å². The van der Waals surface area contributed by atoms with E-state index in [9.17, 15) is 13.2 Å². The highest BCUT2D eigenvalue weighted by atomic mass is 35.5. The summed E-state index contributed by atoms with van der Waals surface area (Å²) in [4.78, 5) is 21.3. The smallest absolute Gasteiger partial charge is 0.263 e. The largest absolute Gasteiger partial charge is 0.497 e. The molecule has 0 aliphatic heterocycles. The lowest BCUT2D eigenvalue weighted by atomic mass is 10.1. The Kier molecular flexibility index (Phi) is 7.91. The lowest BCUT2D eigenvalue weighted by Gasteiger charge is -2.16. The molecule has 0 aliphatic rings. The minimum atomic E-state index is -4.10. The van der Waals surface area contributed by atoms with Crippen LogP contribution in [-0.2, 0) is 21.2 Å². The second-order valence-electron chi connectivity index (χ2n) is 8.33. The van der Waals surface area contributed by atoms with Crippen LogP contribution in [0.5, 0.6) is 5.75 Å². The van der Waals surface area contributed by atoms with E-state index in [1.807, 2.05) is 6.07 Å². The number of nitrogens with one attached hydrogen (secondary N) is 3. The summed E-state index contributed by atoms with van der Waals surface area (Å²) in [6.07, 6.45) is 0.112. The molecule has 0 atom stereocenters. The third-order valence-electron chi connectivity index (χ3n) is 5.55. The number of ketones is 1. The summed E-state index contributed by atoms with van der Waals surface area (Å²) in [5, 5.41) is 6.28. The molecule has 4 rings (SSSR count). The van der Waals surface area contributed by atoms with Gasteiger partial charge in [0.05, 0.1) is 40.3 Å². The van der Waals surface area contributed by atoms with Gasteiger partial charge in [0.1, 0.15) is 5.75 Å². The van der Waals surface area contributed by atoms with Crippen LogP contribution in [0.25, 0.3) is 11.0 Å². The maximum absolute atomic E-state index is 13.5. The fourth-order valence-corrected chi connectivity index (χ4v) is 5.20. The standard InChI is InChI=1S/C26H26ClN5O4S/c1-16-8-9-17(12-18(33)15-28-2)13-24(16)37(34,35)32-26-25(29-21-6-4-5-7-22(21)30-26)31-23-14-19(36-3)10-11-20(23)27/h4-11,13-14,28H,12,15H2,1-3H3,(H,29,31)(H,30,32). The van der Waals surface area contributed by atoms with Crippen LogP contribution in [0, 0.1) is 6.92 Å². The molecule has 9 nitrogen and oxygen atoms in total. The molecule has 0 amide bonds. The van der Waals surface area contributed by atoms with Crippen molar-refractivity contribution in [3.63, 3.8) is 0 Å². The van der Waals surface area contributed by atoms with Crippen molar-refractivity contribution in [3.8, 4) is 5.75 Å². The highest BCUT2D eigenvalue weighted by Gasteiger charge is 2.22. The van der Waals surface area contributed by atoms with Crippen LogP contribution >= 0.6 is 11.6 Å². The van der Waals surface area contributed by atoms with Crippen LogP contribution < -0.4 is 20.1 Å². The molecule has 0 bridgehead atoms. The van der Waals surface area contributed by atoms with Gasteiger partial charge in [0, 0.05) is 12.5 Å². The fraction of sp³-hybridized carbons (Fsp3) is 0.192. The number of para-hydroxylation sites is 2. The van der Waals surface area contributed by atoms with Crippen molar-refractivity contribution in [2.75, 3.05) is 30.7 Å². The van der Waals surface area contributed by atoms with Crippen LogP contribution in [0.4, 0.5) is 17.3 Å². The number of aromatic nitrogens is 2. The molecule has 0 saturated heterocycles. The molecule has 0 fully saturated rings. The monoisotopic (exact) mass is 539 g/mol.